The summed E-state index contributed by atoms with van der Waals surface area (Å²) in [5.74, 6) is 4.79. The molecule has 5 heterocycles. The Morgan fingerprint density at radius 3 is 0.922 bits per heavy atom. The van der Waals surface area contributed by atoms with E-state index < -0.39 is 5.85 Å². The molecule has 1 unspecified atom stereocenters. The molecule has 0 saturated carbocycles. The Kier molecular flexibility index (Phi) is 39.3. The van der Waals surface area contributed by atoms with Gasteiger partial charge in [0.2, 0.25) is 0 Å². The summed E-state index contributed by atoms with van der Waals surface area (Å²) in [7, 11) is 0. The molecule has 0 radical (unpaired) electrons. The highest BCUT2D eigenvalue weighted by Crippen LogP contribution is 2.55. The van der Waals surface area contributed by atoms with E-state index in [1.54, 1.807) is 0 Å². The number of unbranched alkanes of at least 4 members (excludes halogenated alkanes) is 40. The van der Waals surface area contributed by atoms with Crippen LogP contribution in [0, 0.1) is 0 Å². The minimum absolute atomic E-state index is 0.293. The SMILES string of the molecule is CCCCCCCCOc1c2c(cc3ccccc13)C1=NC2=NC2(OCCCCCCCC)N=C(N=C3N=C(c4c3c(OCCCCCCCC)c3ccccc3c4OCCCCCCCC)N(OCCCCCCCC)C3=NC(=N1)c1cc4ccccc4c(OCCCCCCCC)c13)c1c2c(OCCCCCCCC)c2ccccc2c1OCCCCCCCC. The number of hydroxylamine groups is 2. The topological polar surface area (TPSA) is 164 Å². The minimum atomic E-state index is -1.95. The summed E-state index contributed by atoms with van der Waals surface area (Å²) in [5.41, 5.74) is 5.55. The van der Waals surface area contributed by atoms with E-state index in [1.807, 2.05) is 5.06 Å². The second kappa shape index (κ2) is 52.2. The van der Waals surface area contributed by atoms with Gasteiger partial charge in [0.1, 0.15) is 34.5 Å². The molecular formula is C112H154N8O8. The van der Waals surface area contributed by atoms with Gasteiger partial charge in [-0.2, -0.15) is 5.06 Å². The Morgan fingerprint density at radius 2 is 0.508 bits per heavy atom. The van der Waals surface area contributed by atoms with Gasteiger partial charge >= 0.3 is 0 Å². The lowest BCUT2D eigenvalue weighted by molar-refractivity contribution is -0.0422. The van der Waals surface area contributed by atoms with E-state index in [0.717, 1.165) is 240 Å². The van der Waals surface area contributed by atoms with Gasteiger partial charge in [0.05, 0.1) is 86.2 Å². The third-order valence-corrected chi connectivity index (χ3v) is 26.1. The predicted molar refractivity (Wildman–Crippen MR) is 537 cm³/mol. The Bertz CT molecular complexity index is 5090. The van der Waals surface area contributed by atoms with Gasteiger partial charge in [0.15, 0.2) is 40.8 Å². The standard InChI is InChI=1S/C112H154N8O8/c1-9-17-25-33-41-57-73-121-99-85-67-51-49-65-83(85)81-91-93(99)108-114-105(91)113-106-92-82-84-66-50-52-68-86(84)100(122-74-58-42-34-26-18-10-2)94(92)110(116-106)120(128-80-64-48-40-32-24-16-8)111-96-95(101(123-75-59-43-35-27-19-11-3)87-69-53-54-70-88(87)102(96)124-76-60-44-36-28-20-12-4)107(117-111)115-109-97-98(112(118-108,119-109)127-79-63-47-39-31-23-15-7)104(126-78-62-46-38-30-22-14-6)90-72-56-55-71-89(90)103(97)125-77-61-45-37-29-21-13-5/h49-56,65-72,81-82H,9-48,57-64,73-80H2,1-8H3. The van der Waals surface area contributed by atoms with Crippen molar-refractivity contribution in [2.75, 3.05) is 52.9 Å². The number of fused-ring (bicyclic) bond motifs is 20. The molecule has 16 nitrogen and oxygen atoms in total. The predicted octanol–water partition coefficient (Wildman–Crippen LogP) is 31.2. The average Bonchev–Trinajstić information content (AvgIpc) is 1.54. The first-order valence-electron chi connectivity index (χ1n) is 51.6. The maximum atomic E-state index is 8.02. The lowest BCUT2D eigenvalue weighted by Gasteiger charge is -2.28. The number of rotatable bonds is 64. The van der Waals surface area contributed by atoms with E-state index in [0.29, 0.717) is 156 Å². The highest BCUT2D eigenvalue weighted by atomic mass is 16.7. The van der Waals surface area contributed by atoms with E-state index in [4.69, 9.17) is 72.9 Å². The summed E-state index contributed by atoms with van der Waals surface area (Å²) < 4.78 is 53.7. The molecular weight excluding hydrogens is 1590 g/mol. The lowest BCUT2D eigenvalue weighted by atomic mass is 9.95. The first kappa shape index (κ1) is 96.6. The number of hydrogen-bond acceptors (Lipinski definition) is 16. The monoisotopic (exact) mass is 1740 g/mol. The molecule has 0 spiro atoms. The van der Waals surface area contributed by atoms with Crippen molar-refractivity contribution in [2.45, 2.75) is 369 Å². The Balaban J connectivity index is 1.18. The van der Waals surface area contributed by atoms with Crippen LogP contribution in [0.5, 0.6) is 34.5 Å². The fraction of sp³-hybridized carbons (Fsp3) is 0.580. The summed E-state index contributed by atoms with van der Waals surface area (Å²) >= 11 is 0. The fourth-order valence-corrected chi connectivity index (χ4v) is 18.9. The van der Waals surface area contributed by atoms with Crippen molar-refractivity contribution < 1.29 is 38.0 Å². The normalized spacial score (nSPS) is 14.8. The van der Waals surface area contributed by atoms with Gasteiger partial charge in [-0.15, -0.1) is 0 Å². The summed E-state index contributed by atoms with van der Waals surface area (Å²) in [6.45, 7) is 21.6. The Labute approximate surface area is 767 Å². The summed E-state index contributed by atoms with van der Waals surface area (Å²) in [4.78, 5) is 50.8. The van der Waals surface area contributed by atoms with Crippen molar-refractivity contribution in [3.05, 3.63) is 154 Å². The van der Waals surface area contributed by atoms with Crippen molar-refractivity contribution in [3.63, 3.8) is 0 Å². The molecule has 8 aromatic carbocycles. The number of benzene rings is 8. The second-order valence-corrected chi connectivity index (χ2v) is 36.5. The van der Waals surface area contributed by atoms with Crippen LogP contribution in [0.4, 0.5) is 0 Å². The van der Waals surface area contributed by atoms with E-state index in [2.05, 4.69) is 165 Å². The summed E-state index contributed by atoms with van der Waals surface area (Å²) in [6.07, 6.45) is 51.9. The molecule has 0 aliphatic carbocycles. The van der Waals surface area contributed by atoms with Crippen LogP contribution >= 0.6 is 0 Å². The molecule has 5 aliphatic rings. The van der Waals surface area contributed by atoms with Gasteiger partial charge < -0.3 is 33.2 Å². The van der Waals surface area contributed by atoms with Crippen LogP contribution in [-0.2, 0) is 15.4 Å². The van der Waals surface area contributed by atoms with Crippen LogP contribution in [0.3, 0.4) is 0 Å². The molecule has 1 atom stereocenters. The fourth-order valence-electron chi connectivity index (χ4n) is 18.9. The summed E-state index contributed by atoms with van der Waals surface area (Å²) in [5, 5.41) is 9.34. The van der Waals surface area contributed by atoms with Crippen molar-refractivity contribution in [2.24, 2.45) is 34.9 Å². The molecule has 8 aromatic rings. The largest absolute Gasteiger partial charge is 0.492 e. The zero-order valence-corrected chi connectivity index (χ0v) is 79.8. The number of nitrogens with zero attached hydrogens (tertiary/aromatic N) is 8. The van der Waals surface area contributed by atoms with Crippen LogP contribution in [-0.4, -0.2) is 98.8 Å². The van der Waals surface area contributed by atoms with Crippen LogP contribution < -0.4 is 28.4 Å². The van der Waals surface area contributed by atoms with E-state index in [9.17, 15) is 0 Å². The number of ether oxygens (including phenoxy) is 7. The quantitative estimate of drug-likeness (QED) is 0.0338. The van der Waals surface area contributed by atoms with Crippen LogP contribution in [0.1, 0.15) is 408 Å². The molecule has 8 bridgehead atoms. The second-order valence-electron chi connectivity index (χ2n) is 36.5. The molecule has 5 aliphatic heterocycles. The third kappa shape index (κ3) is 24.8. The molecule has 0 fully saturated rings. The molecule has 0 aromatic heterocycles. The maximum absolute atomic E-state index is 8.02. The highest BCUT2D eigenvalue weighted by molar-refractivity contribution is 6.37. The summed E-state index contributed by atoms with van der Waals surface area (Å²) in [6, 6.07) is 38.9. The molecule has 0 saturated heterocycles. The van der Waals surface area contributed by atoms with Crippen molar-refractivity contribution >= 4 is 83.9 Å². The molecule has 0 N–H and O–H groups in total. The maximum Gasteiger partial charge on any atom is 0.293 e. The molecule has 0 amide bonds. The zero-order valence-electron chi connectivity index (χ0n) is 79.8. The minimum Gasteiger partial charge on any atom is -0.492 e. The Hall–Kier alpha value is -8.99. The molecule has 128 heavy (non-hydrogen) atoms. The smallest absolute Gasteiger partial charge is 0.293 e. The zero-order chi connectivity index (χ0) is 88.8. The van der Waals surface area contributed by atoms with Crippen LogP contribution in [0.2, 0.25) is 0 Å². The number of aliphatic imine (C=N–C) groups is 7. The van der Waals surface area contributed by atoms with Gasteiger partial charge in [0.25, 0.3) is 5.85 Å². The Morgan fingerprint density at radius 1 is 0.234 bits per heavy atom. The number of hydrogen-bond donors (Lipinski definition) is 0. The van der Waals surface area contributed by atoms with Crippen molar-refractivity contribution in [1.82, 2.24) is 5.06 Å². The molecule has 690 valence electrons. The highest BCUT2D eigenvalue weighted by Gasteiger charge is 2.51. The molecule has 13 rings (SSSR count). The molecule has 16 heteroatoms. The van der Waals surface area contributed by atoms with E-state index in [1.165, 1.54) is 128 Å². The van der Waals surface area contributed by atoms with Crippen molar-refractivity contribution in [1.29, 1.82) is 0 Å². The van der Waals surface area contributed by atoms with Crippen LogP contribution in [0.25, 0.3) is 43.1 Å². The van der Waals surface area contributed by atoms with E-state index >= 15 is 0 Å². The van der Waals surface area contributed by atoms with Gasteiger partial charge in [0, 0.05) is 43.4 Å². The van der Waals surface area contributed by atoms with Crippen LogP contribution in [0.15, 0.2) is 144 Å². The van der Waals surface area contributed by atoms with Crippen molar-refractivity contribution in [3.8, 4) is 34.5 Å². The van der Waals surface area contributed by atoms with Gasteiger partial charge in [-0.3, -0.25) is 4.84 Å². The first-order chi connectivity index (χ1) is 63.3. The first-order valence-corrected chi connectivity index (χ1v) is 51.6. The lowest BCUT2D eigenvalue weighted by Crippen LogP contribution is -2.38. The van der Waals surface area contributed by atoms with Gasteiger partial charge in [-0.05, 0) is 74.3 Å². The van der Waals surface area contributed by atoms with Gasteiger partial charge in [-0.1, -0.05) is 409 Å². The number of amidine groups is 7. The van der Waals surface area contributed by atoms with E-state index in [-0.39, 0.29) is 0 Å². The third-order valence-electron chi connectivity index (χ3n) is 26.1. The van der Waals surface area contributed by atoms with Gasteiger partial charge in [-0.25, -0.2) is 34.9 Å². The average molecular weight is 1740 g/mol.